The summed E-state index contributed by atoms with van der Waals surface area (Å²) in [5, 5.41) is 18.9. The Morgan fingerprint density at radius 3 is 2.48 bits per heavy atom. The topological polar surface area (TPSA) is 122 Å². The second kappa shape index (κ2) is 8.27. The summed E-state index contributed by atoms with van der Waals surface area (Å²) >= 11 is 0. The monoisotopic (exact) mass is 337 g/mol. The van der Waals surface area contributed by atoms with Gasteiger partial charge in [0.2, 0.25) is 0 Å². The Morgan fingerprint density at radius 2 is 2.00 bits per heavy atom. The van der Waals surface area contributed by atoms with Crippen molar-refractivity contribution in [2.45, 2.75) is 25.1 Å². The molecule has 23 heavy (non-hydrogen) atoms. The van der Waals surface area contributed by atoms with Crippen LogP contribution in [0.3, 0.4) is 0 Å². The van der Waals surface area contributed by atoms with Crippen molar-refractivity contribution in [3.63, 3.8) is 0 Å². The molecule has 0 amide bonds. The number of halogens is 3. The van der Waals surface area contributed by atoms with E-state index >= 15 is 0 Å². The normalized spacial score (nSPS) is 17.1. The van der Waals surface area contributed by atoms with Crippen molar-refractivity contribution >= 4 is 17.8 Å². The third-order valence-corrected chi connectivity index (χ3v) is 2.66. The van der Waals surface area contributed by atoms with Crippen LogP contribution in [0.2, 0.25) is 0 Å². The first-order valence-electron chi connectivity index (χ1n) is 6.41. The summed E-state index contributed by atoms with van der Waals surface area (Å²) < 4.78 is 37.2. The molecule has 1 aliphatic rings. The molecule has 1 aromatic rings. The Labute approximate surface area is 128 Å². The summed E-state index contributed by atoms with van der Waals surface area (Å²) in [4.78, 5) is 27.1. The number of carboxylic acids is 2. The molecule has 0 aromatic carbocycles. The van der Waals surface area contributed by atoms with Gasteiger partial charge in [-0.3, -0.25) is 0 Å². The van der Waals surface area contributed by atoms with E-state index < -0.39 is 18.1 Å². The Balaban J connectivity index is 0.000000322. The Bertz CT molecular complexity index is 547. The van der Waals surface area contributed by atoms with E-state index in [-0.39, 0.29) is 11.8 Å². The van der Waals surface area contributed by atoms with Crippen LogP contribution in [0.15, 0.2) is 12.4 Å². The zero-order valence-corrected chi connectivity index (χ0v) is 11.7. The van der Waals surface area contributed by atoms with Gasteiger partial charge in [-0.1, -0.05) is 0 Å². The molecule has 0 unspecified atom stereocenters. The second-order valence-electron chi connectivity index (χ2n) is 4.41. The molecule has 3 N–H and O–H groups in total. The predicted octanol–water partition coefficient (Wildman–Crippen LogP) is 1.40. The Morgan fingerprint density at radius 1 is 1.35 bits per heavy atom. The Hall–Kier alpha value is -2.43. The Kier molecular flexibility index (Phi) is 6.69. The quantitative estimate of drug-likeness (QED) is 0.754. The molecule has 0 radical (unpaired) electrons. The molecule has 2 rings (SSSR count). The minimum absolute atomic E-state index is 0.00941. The van der Waals surface area contributed by atoms with Gasteiger partial charge in [0.1, 0.15) is 12.1 Å². The standard InChI is InChI=1S/C10H13N3O3.C2HF3O2/c14-10(15)8-4-9(13-6-12-8)11-5-7-2-1-3-16-7;3-2(4,5)1(6)7/h4,6-7H,1-3,5H2,(H,14,15)(H,11,12,13);(H,6,7)/t7-;/m0./s1. The maximum atomic E-state index is 10.7. The highest BCUT2D eigenvalue weighted by Crippen LogP contribution is 2.13. The highest BCUT2D eigenvalue weighted by Gasteiger charge is 2.38. The molecule has 8 nitrogen and oxygen atoms in total. The van der Waals surface area contributed by atoms with Crippen molar-refractivity contribution in [3.8, 4) is 0 Å². The molecular weight excluding hydrogens is 323 g/mol. The fourth-order valence-corrected chi connectivity index (χ4v) is 1.59. The van der Waals surface area contributed by atoms with Crippen LogP contribution in [0.25, 0.3) is 0 Å². The van der Waals surface area contributed by atoms with E-state index in [1.807, 2.05) is 0 Å². The number of nitrogens with zero attached hydrogens (tertiary/aromatic N) is 2. The highest BCUT2D eigenvalue weighted by atomic mass is 19.4. The van der Waals surface area contributed by atoms with E-state index in [1.54, 1.807) is 0 Å². The number of hydrogen-bond donors (Lipinski definition) is 3. The largest absolute Gasteiger partial charge is 0.490 e. The summed E-state index contributed by atoms with van der Waals surface area (Å²) in [5.74, 6) is -3.29. The molecule has 2 heterocycles. The third-order valence-electron chi connectivity index (χ3n) is 2.66. The van der Waals surface area contributed by atoms with E-state index in [9.17, 15) is 18.0 Å². The molecule has 0 aliphatic carbocycles. The lowest BCUT2D eigenvalue weighted by Gasteiger charge is -2.10. The van der Waals surface area contributed by atoms with Crippen LogP contribution in [-0.4, -0.2) is 57.6 Å². The van der Waals surface area contributed by atoms with Gasteiger partial charge in [-0.2, -0.15) is 13.2 Å². The number of aromatic carboxylic acids is 1. The van der Waals surface area contributed by atoms with Gasteiger partial charge >= 0.3 is 18.1 Å². The van der Waals surface area contributed by atoms with Crippen molar-refractivity contribution in [2.24, 2.45) is 0 Å². The minimum atomic E-state index is -5.08. The summed E-state index contributed by atoms with van der Waals surface area (Å²) in [6.45, 7) is 1.45. The van der Waals surface area contributed by atoms with Crippen LogP contribution in [0.4, 0.5) is 19.0 Å². The summed E-state index contributed by atoms with van der Waals surface area (Å²) in [6.07, 6.45) is -1.54. The van der Waals surface area contributed by atoms with Crippen LogP contribution >= 0.6 is 0 Å². The number of nitrogens with one attached hydrogen (secondary N) is 1. The molecule has 0 saturated carbocycles. The van der Waals surface area contributed by atoms with Gasteiger partial charge in [-0.05, 0) is 12.8 Å². The molecule has 128 valence electrons. The molecule has 1 saturated heterocycles. The van der Waals surface area contributed by atoms with E-state index in [0.29, 0.717) is 12.4 Å². The predicted molar refractivity (Wildman–Crippen MR) is 70.1 cm³/mol. The lowest BCUT2D eigenvalue weighted by Crippen LogP contribution is -2.21. The molecule has 1 atom stereocenters. The fraction of sp³-hybridized carbons (Fsp3) is 0.500. The number of hydrogen-bond acceptors (Lipinski definition) is 6. The van der Waals surface area contributed by atoms with Crippen molar-refractivity contribution in [2.75, 3.05) is 18.5 Å². The first-order chi connectivity index (χ1) is 10.7. The van der Waals surface area contributed by atoms with E-state index in [2.05, 4.69) is 15.3 Å². The van der Waals surface area contributed by atoms with Crippen molar-refractivity contribution in [3.05, 3.63) is 18.1 Å². The zero-order valence-electron chi connectivity index (χ0n) is 11.7. The summed E-state index contributed by atoms with van der Waals surface area (Å²) in [6, 6.07) is 1.41. The molecule has 1 aromatic heterocycles. The van der Waals surface area contributed by atoms with Crippen LogP contribution in [0, 0.1) is 0 Å². The first kappa shape index (κ1) is 18.6. The minimum Gasteiger partial charge on any atom is -0.477 e. The van der Waals surface area contributed by atoms with Crippen LogP contribution in [0.1, 0.15) is 23.3 Å². The maximum absolute atomic E-state index is 10.7. The van der Waals surface area contributed by atoms with Gasteiger partial charge in [0.05, 0.1) is 6.10 Å². The number of aliphatic carboxylic acids is 1. The van der Waals surface area contributed by atoms with Gasteiger partial charge in [0.25, 0.3) is 0 Å². The molecule has 0 bridgehead atoms. The van der Waals surface area contributed by atoms with E-state index in [4.69, 9.17) is 19.7 Å². The summed E-state index contributed by atoms with van der Waals surface area (Å²) in [5.41, 5.74) is -0.00941. The van der Waals surface area contributed by atoms with E-state index in [1.165, 1.54) is 12.4 Å². The number of rotatable bonds is 4. The average molecular weight is 337 g/mol. The van der Waals surface area contributed by atoms with Crippen molar-refractivity contribution in [1.82, 2.24) is 9.97 Å². The number of aromatic nitrogens is 2. The van der Waals surface area contributed by atoms with Crippen LogP contribution in [0.5, 0.6) is 0 Å². The lowest BCUT2D eigenvalue weighted by molar-refractivity contribution is -0.192. The average Bonchev–Trinajstić information content (AvgIpc) is 2.98. The lowest BCUT2D eigenvalue weighted by atomic mass is 10.2. The van der Waals surface area contributed by atoms with Crippen molar-refractivity contribution in [1.29, 1.82) is 0 Å². The highest BCUT2D eigenvalue weighted by molar-refractivity contribution is 5.85. The molecule has 1 aliphatic heterocycles. The summed E-state index contributed by atoms with van der Waals surface area (Å²) in [7, 11) is 0. The van der Waals surface area contributed by atoms with Gasteiger partial charge in [0, 0.05) is 19.2 Å². The molecular formula is C12H14F3N3O5. The van der Waals surface area contributed by atoms with Gasteiger partial charge in [0.15, 0.2) is 5.69 Å². The molecule has 0 spiro atoms. The van der Waals surface area contributed by atoms with Gasteiger partial charge in [-0.25, -0.2) is 19.6 Å². The van der Waals surface area contributed by atoms with Gasteiger partial charge < -0.3 is 20.3 Å². The SMILES string of the molecule is O=C(O)C(F)(F)F.O=C(O)c1cc(NC[C@@H]2CCCO2)ncn1. The first-order valence-corrected chi connectivity index (χ1v) is 6.41. The van der Waals surface area contributed by atoms with Crippen LogP contribution < -0.4 is 5.32 Å². The van der Waals surface area contributed by atoms with E-state index in [0.717, 1.165) is 19.4 Å². The smallest absolute Gasteiger partial charge is 0.477 e. The van der Waals surface area contributed by atoms with Gasteiger partial charge in [-0.15, -0.1) is 0 Å². The molecule has 11 heteroatoms. The number of alkyl halides is 3. The fourth-order valence-electron chi connectivity index (χ4n) is 1.59. The van der Waals surface area contributed by atoms with Crippen LogP contribution in [-0.2, 0) is 9.53 Å². The number of anilines is 1. The van der Waals surface area contributed by atoms with Crippen molar-refractivity contribution < 1.29 is 37.7 Å². The second-order valence-corrected chi connectivity index (χ2v) is 4.41. The number of carboxylic acid groups (broad SMARTS) is 2. The number of carbonyl (C=O) groups is 2. The zero-order chi connectivity index (χ0) is 17.5. The maximum Gasteiger partial charge on any atom is 0.490 e. The molecule has 1 fully saturated rings. The number of ether oxygens (including phenoxy) is 1. The third kappa shape index (κ3) is 6.91.